The number of carbonyl (C=O) groups is 2. The predicted octanol–water partition coefficient (Wildman–Crippen LogP) is 5.79. The van der Waals surface area contributed by atoms with Gasteiger partial charge in [-0.05, 0) is 48.9 Å². The van der Waals surface area contributed by atoms with Gasteiger partial charge in [0, 0.05) is 15.1 Å². The summed E-state index contributed by atoms with van der Waals surface area (Å²) in [4.78, 5) is 25.2. The normalized spacial score (nSPS) is 10.4. The first-order valence-corrected chi connectivity index (χ1v) is 10.3. The zero-order valence-corrected chi connectivity index (χ0v) is 17.4. The van der Waals surface area contributed by atoms with E-state index in [0.717, 1.165) is 22.2 Å². The Bertz CT molecular complexity index is 768. The van der Waals surface area contributed by atoms with Crippen LogP contribution in [0.25, 0.3) is 0 Å². The van der Waals surface area contributed by atoms with Gasteiger partial charge in [0.15, 0.2) is 0 Å². The molecule has 0 atom stereocenters. The minimum absolute atomic E-state index is 0.162. The molecule has 138 valence electrons. The third-order valence-corrected chi connectivity index (χ3v) is 5.25. The maximum atomic E-state index is 12.1. The van der Waals surface area contributed by atoms with Crippen LogP contribution < -0.4 is 5.32 Å². The van der Waals surface area contributed by atoms with Gasteiger partial charge in [0.1, 0.15) is 0 Å². The fourth-order valence-corrected chi connectivity index (χ4v) is 3.18. The summed E-state index contributed by atoms with van der Waals surface area (Å²) in [6.45, 7) is 2.37. The molecule has 0 unspecified atom stereocenters. The van der Waals surface area contributed by atoms with Crippen molar-refractivity contribution in [3.63, 3.8) is 0 Å². The SMILES string of the molecule is CCCCOC(=O)c1cc(NC(=O)CSc2ccc(Br)cc2)ccc1Cl. The fraction of sp³-hybridized carbons (Fsp3) is 0.263. The van der Waals surface area contributed by atoms with E-state index in [1.54, 1.807) is 18.2 Å². The first kappa shape index (κ1) is 20.8. The van der Waals surface area contributed by atoms with Crippen molar-refractivity contribution in [2.24, 2.45) is 0 Å². The largest absolute Gasteiger partial charge is 0.462 e. The van der Waals surface area contributed by atoms with Crippen molar-refractivity contribution in [1.29, 1.82) is 0 Å². The highest BCUT2D eigenvalue weighted by Gasteiger charge is 2.14. The van der Waals surface area contributed by atoms with E-state index in [0.29, 0.717) is 17.3 Å². The van der Waals surface area contributed by atoms with Crippen molar-refractivity contribution < 1.29 is 14.3 Å². The van der Waals surface area contributed by atoms with Crippen LogP contribution in [-0.2, 0) is 9.53 Å². The van der Waals surface area contributed by atoms with Crippen LogP contribution in [0.3, 0.4) is 0 Å². The molecule has 0 saturated heterocycles. The molecule has 0 bridgehead atoms. The molecule has 2 aromatic carbocycles. The summed E-state index contributed by atoms with van der Waals surface area (Å²) in [5, 5.41) is 3.08. The molecule has 1 amide bonds. The number of ether oxygens (including phenoxy) is 1. The molecular formula is C19H19BrClNO3S. The van der Waals surface area contributed by atoms with Crippen molar-refractivity contribution in [2.75, 3.05) is 17.7 Å². The molecule has 0 heterocycles. The highest BCUT2D eigenvalue weighted by atomic mass is 79.9. The molecular weight excluding hydrogens is 438 g/mol. The standard InChI is InChI=1S/C19H19BrClNO3S/c1-2-3-10-25-19(24)16-11-14(6-9-17(16)21)22-18(23)12-26-15-7-4-13(20)5-8-15/h4-9,11H,2-3,10,12H2,1H3,(H,22,23). The maximum absolute atomic E-state index is 12.1. The van der Waals surface area contributed by atoms with E-state index < -0.39 is 5.97 Å². The van der Waals surface area contributed by atoms with Gasteiger partial charge in [-0.15, -0.1) is 11.8 Å². The van der Waals surface area contributed by atoms with Gasteiger partial charge in [0.25, 0.3) is 0 Å². The van der Waals surface area contributed by atoms with Gasteiger partial charge in [-0.25, -0.2) is 4.79 Å². The summed E-state index contributed by atoms with van der Waals surface area (Å²) in [5.74, 6) is -0.380. The lowest BCUT2D eigenvalue weighted by atomic mass is 10.2. The molecule has 0 aliphatic heterocycles. The van der Waals surface area contributed by atoms with E-state index in [-0.39, 0.29) is 17.2 Å². The number of carbonyl (C=O) groups excluding carboxylic acids is 2. The molecule has 4 nitrogen and oxygen atoms in total. The number of thioether (sulfide) groups is 1. The van der Waals surface area contributed by atoms with Crippen LogP contribution in [0, 0.1) is 0 Å². The number of anilines is 1. The lowest BCUT2D eigenvalue weighted by molar-refractivity contribution is -0.113. The highest BCUT2D eigenvalue weighted by Crippen LogP contribution is 2.23. The van der Waals surface area contributed by atoms with Crippen LogP contribution in [0.2, 0.25) is 5.02 Å². The van der Waals surface area contributed by atoms with Gasteiger partial charge in [0.2, 0.25) is 5.91 Å². The number of benzene rings is 2. The second-order valence-electron chi connectivity index (χ2n) is 5.47. The smallest absolute Gasteiger partial charge is 0.339 e. The molecule has 1 N–H and O–H groups in total. The van der Waals surface area contributed by atoms with Crippen molar-refractivity contribution in [3.05, 3.63) is 57.5 Å². The Kier molecular flexibility index (Phi) is 8.48. The molecule has 0 aliphatic carbocycles. The number of esters is 1. The summed E-state index contributed by atoms with van der Waals surface area (Å²) in [6.07, 6.45) is 1.74. The number of rotatable bonds is 8. The summed E-state index contributed by atoms with van der Waals surface area (Å²) >= 11 is 10.9. The molecule has 2 rings (SSSR count). The monoisotopic (exact) mass is 455 g/mol. The minimum atomic E-state index is -0.483. The van der Waals surface area contributed by atoms with Gasteiger partial charge in [-0.1, -0.05) is 40.9 Å². The van der Waals surface area contributed by atoms with E-state index in [4.69, 9.17) is 16.3 Å². The molecule has 0 saturated carbocycles. The van der Waals surface area contributed by atoms with Crippen LogP contribution in [0.15, 0.2) is 51.8 Å². The molecule has 0 radical (unpaired) electrons. The van der Waals surface area contributed by atoms with Crippen LogP contribution in [0.5, 0.6) is 0 Å². The Morgan fingerprint density at radius 1 is 1.19 bits per heavy atom. The summed E-state index contributed by atoms with van der Waals surface area (Å²) in [6, 6.07) is 12.5. The van der Waals surface area contributed by atoms with Crippen LogP contribution in [0.4, 0.5) is 5.69 Å². The molecule has 2 aromatic rings. The summed E-state index contributed by atoms with van der Waals surface area (Å²) in [7, 11) is 0. The van der Waals surface area contributed by atoms with E-state index in [1.165, 1.54) is 11.8 Å². The average molecular weight is 457 g/mol. The lowest BCUT2D eigenvalue weighted by Gasteiger charge is -2.09. The maximum Gasteiger partial charge on any atom is 0.339 e. The third-order valence-electron chi connectivity index (χ3n) is 3.38. The molecule has 0 aliphatic rings. The minimum Gasteiger partial charge on any atom is -0.462 e. The Morgan fingerprint density at radius 2 is 1.92 bits per heavy atom. The Morgan fingerprint density at radius 3 is 2.62 bits per heavy atom. The van der Waals surface area contributed by atoms with Crippen molar-refractivity contribution in [1.82, 2.24) is 0 Å². The first-order chi connectivity index (χ1) is 12.5. The number of amides is 1. The van der Waals surface area contributed by atoms with Crippen molar-refractivity contribution in [2.45, 2.75) is 24.7 Å². The van der Waals surface area contributed by atoms with Crippen molar-refractivity contribution in [3.8, 4) is 0 Å². The summed E-state index contributed by atoms with van der Waals surface area (Å²) < 4.78 is 6.17. The van der Waals surface area contributed by atoms with Crippen LogP contribution in [-0.4, -0.2) is 24.2 Å². The average Bonchev–Trinajstić information content (AvgIpc) is 2.63. The van der Waals surface area contributed by atoms with E-state index >= 15 is 0 Å². The van der Waals surface area contributed by atoms with Crippen molar-refractivity contribution >= 4 is 56.9 Å². The topological polar surface area (TPSA) is 55.4 Å². The van der Waals surface area contributed by atoms with Gasteiger partial charge in [-0.3, -0.25) is 4.79 Å². The zero-order valence-electron chi connectivity index (χ0n) is 14.3. The first-order valence-electron chi connectivity index (χ1n) is 8.14. The molecule has 7 heteroatoms. The third kappa shape index (κ3) is 6.67. The van der Waals surface area contributed by atoms with E-state index in [9.17, 15) is 9.59 Å². The second kappa shape index (κ2) is 10.6. The number of hydrogen-bond donors (Lipinski definition) is 1. The predicted molar refractivity (Wildman–Crippen MR) is 110 cm³/mol. The van der Waals surface area contributed by atoms with E-state index in [2.05, 4.69) is 21.2 Å². The number of unbranched alkanes of at least 4 members (excludes halogenated alkanes) is 1. The van der Waals surface area contributed by atoms with E-state index in [1.807, 2.05) is 31.2 Å². The second-order valence-corrected chi connectivity index (χ2v) is 7.85. The Hall–Kier alpha value is -1.50. The molecule has 0 aromatic heterocycles. The zero-order chi connectivity index (χ0) is 18.9. The fourth-order valence-electron chi connectivity index (χ4n) is 2.02. The van der Waals surface area contributed by atoms with Crippen LogP contribution >= 0.6 is 39.3 Å². The number of nitrogens with one attached hydrogen (secondary N) is 1. The quantitative estimate of drug-likeness (QED) is 0.310. The molecule has 0 fully saturated rings. The van der Waals surface area contributed by atoms with Gasteiger partial charge >= 0.3 is 5.97 Å². The Labute approximate surface area is 170 Å². The molecule has 26 heavy (non-hydrogen) atoms. The number of halogens is 2. The van der Waals surface area contributed by atoms with Crippen LogP contribution in [0.1, 0.15) is 30.1 Å². The summed E-state index contributed by atoms with van der Waals surface area (Å²) in [5.41, 5.74) is 0.763. The lowest BCUT2D eigenvalue weighted by Crippen LogP contribution is -2.15. The van der Waals surface area contributed by atoms with Gasteiger partial charge < -0.3 is 10.1 Å². The molecule has 0 spiro atoms. The van der Waals surface area contributed by atoms with Gasteiger partial charge in [0.05, 0.1) is 22.9 Å². The Balaban J connectivity index is 1.93. The highest BCUT2D eigenvalue weighted by molar-refractivity contribution is 9.10. The van der Waals surface area contributed by atoms with Gasteiger partial charge in [-0.2, -0.15) is 0 Å². The number of hydrogen-bond acceptors (Lipinski definition) is 4.